The molecule has 8 nitrogen and oxygen atoms in total. The molecule has 2 aromatic carbocycles. The molecule has 0 atom stereocenters. The fourth-order valence-electron chi connectivity index (χ4n) is 3.08. The maximum Gasteiger partial charge on any atom is 0.258 e. The van der Waals surface area contributed by atoms with E-state index in [-0.39, 0.29) is 30.9 Å². The molecule has 4 rings (SSSR count). The number of carbonyl (C=O) groups excluding carboxylic acids is 2. The van der Waals surface area contributed by atoms with Crippen LogP contribution < -0.4 is 15.0 Å². The van der Waals surface area contributed by atoms with E-state index in [0.717, 1.165) is 17.7 Å². The fourth-order valence-corrected chi connectivity index (χ4v) is 3.21. The Morgan fingerprint density at radius 3 is 2.83 bits per heavy atom. The minimum Gasteiger partial charge on any atom is -0.484 e. The number of carbonyl (C=O) groups is 2. The number of hydrogen-bond acceptors (Lipinski definition) is 6. The molecule has 1 aliphatic rings. The largest absolute Gasteiger partial charge is 0.484 e. The molecular weight excluding hydrogens is 408 g/mol. The predicted molar refractivity (Wildman–Crippen MR) is 110 cm³/mol. The summed E-state index contributed by atoms with van der Waals surface area (Å²) in [6.07, 6.45) is 1.41. The molecule has 9 heteroatoms. The molecule has 0 bridgehead atoms. The summed E-state index contributed by atoms with van der Waals surface area (Å²) in [6, 6.07) is 14.2. The lowest BCUT2D eigenvalue weighted by Crippen LogP contribution is -2.28. The molecule has 1 aromatic heterocycles. The second-order valence-electron chi connectivity index (χ2n) is 6.73. The third kappa shape index (κ3) is 4.77. The lowest BCUT2D eigenvalue weighted by atomic mass is 10.2. The first kappa shape index (κ1) is 19.9. The number of nitrogens with one attached hydrogen (secondary N) is 1. The molecule has 3 aromatic rings. The fraction of sp³-hybridized carbons (Fsp3) is 0.238. The third-order valence-corrected chi connectivity index (χ3v) is 4.83. The number of anilines is 1. The molecule has 0 saturated carbocycles. The van der Waals surface area contributed by atoms with E-state index in [1.807, 2.05) is 6.07 Å². The highest BCUT2D eigenvalue weighted by Gasteiger charge is 2.21. The van der Waals surface area contributed by atoms with Crippen LogP contribution in [0.15, 0.2) is 53.1 Å². The monoisotopic (exact) mass is 426 g/mol. The Kier molecular flexibility index (Phi) is 5.94. The normalized spacial score (nSPS) is 13.5. The number of ether oxygens (including phenoxy) is 1. The molecule has 0 spiro atoms. The number of rotatable bonds is 7. The van der Waals surface area contributed by atoms with E-state index in [9.17, 15) is 9.59 Å². The molecule has 0 aliphatic carbocycles. The highest BCUT2D eigenvalue weighted by Crippen LogP contribution is 2.25. The van der Waals surface area contributed by atoms with Gasteiger partial charge in [-0.15, -0.1) is 0 Å². The Balaban J connectivity index is 1.28. The van der Waals surface area contributed by atoms with Gasteiger partial charge >= 0.3 is 0 Å². The molecule has 0 radical (unpaired) electrons. The van der Waals surface area contributed by atoms with Gasteiger partial charge in [-0.1, -0.05) is 22.8 Å². The van der Waals surface area contributed by atoms with E-state index in [0.29, 0.717) is 29.6 Å². The van der Waals surface area contributed by atoms with Crippen molar-refractivity contribution in [2.75, 3.05) is 18.1 Å². The van der Waals surface area contributed by atoms with Crippen LogP contribution in [0.3, 0.4) is 0 Å². The summed E-state index contributed by atoms with van der Waals surface area (Å²) in [5.74, 6) is 0.986. The van der Waals surface area contributed by atoms with Gasteiger partial charge < -0.3 is 19.5 Å². The van der Waals surface area contributed by atoms with Crippen molar-refractivity contribution in [3.8, 4) is 17.1 Å². The zero-order chi connectivity index (χ0) is 20.9. The van der Waals surface area contributed by atoms with Crippen LogP contribution >= 0.6 is 11.6 Å². The van der Waals surface area contributed by atoms with Gasteiger partial charge in [0.2, 0.25) is 17.6 Å². The van der Waals surface area contributed by atoms with Gasteiger partial charge in [-0.3, -0.25) is 9.59 Å². The Labute approximate surface area is 177 Å². The van der Waals surface area contributed by atoms with Crippen LogP contribution in [0.5, 0.6) is 5.75 Å². The molecule has 1 N–H and O–H groups in total. The van der Waals surface area contributed by atoms with Gasteiger partial charge in [0.25, 0.3) is 5.91 Å². The number of halogens is 1. The molecule has 30 heavy (non-hydrogen) atoms. The lowest BCUT2D eigenvalue weighted by Gasteiger charge is -2.16. The van der Waals surface area contributed by atoms with Crippen LogP contribution in [-0.2, 0) is 16.1 Å². The Hall–Kier alpha value is -3.39. The topological polar surface area (TPSA) is 97.6 Å². The second kappa shape index (κ2) is 8.96. The first-order chi connectivity index (χ1) is 14.6. The van der Waals surface area contributed by atoms with Crippen LogP contribution in [0.4, 0.5) is 5.69 Å². The van der Waals surface area contributed by atoms with Crippen molar-refractivity contribution >= 4 is 29.1 Å². The van der Waals surface area contributed by atoms with Gasteiger partial charge in [0.05, 0.1) is 6.54 Å². The molecule has 2 heterocycles. The number of nitrogens with zero attached hydrogens (tertiary/aromatic N) is 3. The molecular formula is C21H19ClN4O4. The summed E-state index contributed by atoms with van der Waals surface area (Å²) in [4.78, 5) is 29.9. The summed E-state index contributed by atoms with van der Waals surface area (Å²) in [5, 5.41) is 7.19. The standard InChI is InChI=1S/C21H19ClN4O4/c22-15-8-6-14(7-9-15)21-24-19(30-25-21)12-23-18(27)13-29-17-4-1-3-16(11-17)26-10-2-5-20(26)28/h1,3-4,6-9,11H,2,5,10,12-13H2,(H,23,27). The zero-order valence-electron chi connectivity index (χ0n) is 16.0. The summed E-state index contributed by atoms with van der Waals surface area (Å²) in [6.45, 7) is 0.617. The molecule has 154 valence electrons. The molecule has 1 aliphatic heterocycles. The van der Waals surface area contributed by atoms with E-state index in [4.69, 9.17) is 20.9 Å². The van der Waals surface area contributed by atoms with E-state index >= 15 is 0 Å². The minimum absolute atomic E-state index is 0.0884. The lowest BCUT2D eigenvalue weighted by molar-refractivity contribution is -0.123. The van der Waals surface area contributed by atoms with Crippen LogP contribution in [0.25, 0.3) is 11.4 Å². The van der Waals surface area contributed by atoms with Gasteiger partial charge in [-0.2, -0.15) is 4.98 Å². The van der Waals surface area contributed by atoms with Gasteiger partial charge in [0.15, 0.2) is 6.61 Å². The summed E-state index contributed by atoms with van der Waals surface area (Å²) < 4.78 is 10.7. The van der Waals surface area contributed by atoms with E-state index < -0.39 is 0 Å². The van der Waals surface area contributed by atoms with Gasteiger partial charge in [-0.05, 0) is 42.8 Å². The van der Waals surface area contributed by atoms with E-state index in [1.54, 1.807) is 47.4 Å². The first-order valence-corrected chi connectivity index (χ1v) is 9.85. The number of aromatic nitrogens is 2. The first-order valence-electron chi connectivity index (χ1n) is 9.47. The highest BCUT2D eigenvalue weighted by atomic mass is 35.5. The van der Waals surface area contributed by atoms with Crippen LogP contribution in [0.2, 0.25) is 5.02 Å². The number of benzene rings is 2. The molecule has 0 unspecified atom stereocenters. The average Bonchev–Trinajstić information content (AvgIpc) is 3.40. The van der Waals surface area contributed by atoms with Gasteiger partial charge in [0, 0.05) is 35.3 Å². The van der Waals surface area contributed by atoms with Crippen molar-refractivity contribution in [2.45, 2.75) is 19.4 Å². The number of amides is 2. The Bertz CT molecular complexity index is 1050. The van der Waals surface area contributed by atoms with Gasteiger partial charge in [-0.25, -0.2) is 0 Å². The van der Waals surface area contributed by atoms with Gasteiger partial charge in [0.1, 0.15) is 5.75 Å². The summed E-state index contributed by atoms with van der Waals surface area (Å²) >= 11 is 5.87. The SMILES string of the molecule is O=C(COc1cccc(N2CCCC2=O)c1)NCc1nc(-c2ccc(Cl)cc2)no1. The zero-order valence-corrected chi connectivity index (χ0v) is 16.8. The van der Waals surface area contributed by atoms with Crippen molar-refractivity contribution in [3.63, 3.8) is 0 Å². The predicted octanol–water partition coefficient (Wildman–Crippen LogP) is 3.21. The van der Waals surface area contributed by atoms with Crippen molar-refractivity contribution < 1.29 is 18.8 Å². The van der Waals surface area contributed by atoms with Crippen molar-refractivity contribution in [1.82, 2.24) is 15.5 Å². The molecule has 2 amide bonds. The summed E-state index contributed by atoms with van der Waals surface area (Å²) in [5.41, 5.74) is 1.54. The molecule has 1 saturated heterocycles. The minimum atomic E-state index is -0.330. The van der Waals surface area contributed by atoms with Crippen molar-refractivity contribution in [3.05, 3.63) is 59.4 Å². The second-order valence-corrected chi connectivity index (χ2v) is 7.17. The summed E-state index contributed by atoms with van der Waals surface area (Å²) in [7, 11) is 0. The molecule has 1 fully saturated rings. The Morgan fingerprint density at radius 1 is 1.23 bits per heavy atom. The third-order valence-electron chi connectivity index (χ3n) is 4.58. The highest BCUT2D eigenvalue weighted by molar-refractivity contribution is 6.30. The van der Waals surface area contributed by atoms with Crippen LogP contribution in [0.1, 0.15) is 18.7 Å². The van der Waals surface area contributed by atoms with Crippen molar-refractivity contribution in [1.29, 1.82) is 0 Å². The number of hydrogen-bond donors (Lipinski definition) is 1. The quantitative estimate of drug-likeness (QED) is 0.623. The van der Waals surface area contributed by atoms with Crippen molar-refractivity contribution in [2.24, 2.45) is 0 Å². The smallest absolute Gasteiger partial charge is 0.258 e. The Morgan fingerprint density at radius 2 is 2.07 bits per heavy atom. The van der Waals surface area contributed by atoms with Crippen LogP contribution in [0, 0.1) is 0 Å². The average molecular weight is 427 g/mol. The van der Waals surface area contributed by atoms with E-state index in [2.05, 4.69) is 15.5 Å². The maximum atomic E-state index is 12.1. The van der Waals surface area contributed by atoms with E-state index in [1.165, 1.54) is 0 Å². The maximum absolute atomic E-state index is 12.1. The van der Waals surface area contributed by atoms with Crippen LogP contribution in [-0.4, -0.2) is 35.1 Å².